The Balaban J connectivity index is 0.00000484. The van der Waals surface area contributed by atoms with Gasteiger partial charge in [0.05, 0.1) is 13.0 Å². The molecule has 0 radical (unpaired) electrons. The van der Waals surface area contributed by atoms with E-state index in [4.69, 9.17) is 4.74 Å². The molecule has 0 saturated carbocycles. The van der Waals surface area contributed by atoms with Crippen LogP contribution in [-0.2, 0) is 0 Å². The molecule has 132 valence electrons. The molecule has 1 aromatic carbocycles. The molecule has 0 aliphatic carbocycles. The monoisotopic (exact) mass is 453 g/mol. The van der Waals surface area contributed by atoms with Gasteiger partial charge in [0.15, 0.2) is 17.5 Å². The third-order valence-electron chi connectivity index (χ3n) is 2.47. The van der Waals surface area contributed by atoms with Crippen LogP contribution in [-0.4, -0.2) is 38.9 Å². The zero-order valence-corrected chi connectivity index (χ0v) is 14.5. The average Bonchev–Trinajstić information content (AvgIpc) is 2.42. The van der Waals surface area contributed by atoms with Crippen molar-refractivity contribution in [3.8, 4) is 5.75 Å². The molecule has 23 heavy (non-hydrogen) atoms. The smallest absolute Gasteiger partial charge is 0.390 e. The zero-order chi connectivity index (χ0) is 16.6. The van der Waals surface area contributed by atoms with Crippen LogP contribution in [0.2, 0.25) is 0 Å². The molecule has 0 aliphatic rings. The minimum absolute atomic E-state index is 0. The van der Waals surface area contributed by atoms with Crippen molar-refractivity contribution in [3.05, 3.63) is 29.8 Å². The van der Waals surface area contributed by atoms with Crippen LogP contribution >= 0.6 is 24.0 Å². The van der Waals surface area contributed by atoms with Crippen molar-refractivity contribution in [3.63, 3.8) is 0 Å². The standard InChI is InChI=1S/C13H16F5N3O.HI/c1-19-12(20-5-4-13(16,17)18)21-6-7-22-11-3-2-9(14)8-10(11)15;/h2-3,8H,4-7H2,1H3,(H2,19,20,21);1H. The summed E-state index contributed by atoms with van der Waals surface area (Å²) in [4.78, 5) is 3.73. The first kappa shape index (κ1) is 21.7. The maximum Gasteiger partial charge on any atom is 0.390 e. The summed E-state index contributed by atoms with van der Waals surface area (Å²) in [5, 5.41) is 5.19. The third-order valence-corrected chi connectivity index (χ3v) is 2.47. The lowest BCUT2D eigenvalue weighted by Gasteiger charge is -2.13. The van der Waals surface area contributed by atoms with Crippen molar-refractivity contribution in [1.82, 2.24) is 10.6 Å². The van der Waals surface area contributed by atoms with E-state index in [1.165, 1.54) is 7.05 Å². The number of hydrogen-bond acceptors (Lipinski definition) is 2. The average molecular weight is 453 g/mol. The zero-order valence-electron chi connectivity index (χ0n) is 12.2. The Hall–Kier alpha value is -1.33. The van der Waals surface area contributed by atoms with E-state index in [2.05, 4.69) is 15.6 Å². The van der Waals surface area contributed by atoms with Crippen LogP contribution in [0.5, 0.6) is 5.75 Å². The molecule has 2 N–H and O–H groups in total. The van der Waals surface area contributed by atoms with Crippen LogP contribution in [0.4, 0.5) is 22.0 Å². The molecular weight excluding hydrogens is 436 g/mol. The van der Waals surface area contributed by atoms with Gasteiger partial charge in [0, 0.05) is 19.7 Å². The van der Waals surface area contributed by atoms with Gasteiger partial charge in [0.1, 0.15) is 12.4 Å². The Morgan fingerprint density at radius 3 is 2.39 bits per heavy atom. The van der Waals surface area contributed by atoms with Gasteiger partial charge in [-0.15, -0.1) is 24.0 Å². The van der Waals surface area contributed by atoms with Crippen molar-refractivity contribution in [2.45, 2.75) is 12.6 Å². The Morgan fingerprint density at radius 2 is 1.83 bits per heavy atom. The number of ether oxygens (including phenoxy) is 1. The molecule has 1 rings (SSSR count). The molecule has 0 heterocycles. The molecule has 4 nitrogen and oxygen atoms in total. The van der Waals surface area contributed by atoms with Gasteiger partial charge in [0.2, 0.25) is 0 Å². The SMILES string of the molecule is CN=C(NCCOc1ccc(F)cc1F)NCCC(F)(F)F.I. The van der Waals surface area contributed by atoms with Crippen molar-refractivity contribution in [1.29, 1.82) is 0 Å². The van der Waals surface area contributed by atoms with Gasteiger partial charge < -0.3 is 15.4 Å². The molecule has 0 unspecified atom stereocenters. The molecule has 0 atom stereocenters. The number of aliphatic imine (C=N–C) groups is 1. The summed E-state index contributed by atoms with van der Waals surface area (Å²) in [7, 11) is 1.41. The number of alkyl halides is 3. The van der Waals surface area contributed by atoms with Gasteiger partial charge in [-0.3, -0.25) is 4.99 Å². The maximum absolute atomic E-state index is 13.3. The van der Waals surface area contributed by atoms with E-state index in [1.54, 1.807) is 0 Å². The number of nitrogens with zero attached hydrogens (tertiary/aromatic N) is 1. The quantitative estimate of drug-likeness (QED) is 0.229. The topological polar surface area (TPSA) is 45.7 Å². The second kappa shape index (κ2) is 10.4. The Kier molecular flexibility index (Phi) is 9.84. The minimum atomic E-state index is -4.24. The normalized spacial score (nSPS) is 11.7. The molecular formula is C13H17F5IN3O. The van der Waals surface area contributed by atoms with Crippen LogP contribution in [0.1, 0.15) is 6.42 Å². The number of rotatable bonds is 6. The number of guanidine groups is 1. The summed E-state index contributed by atoms with van der Waals surface area (Å²) in [5.41, 5.74) is 0. The van der Waals surface area contributed by atoms with E-state index in [9.17, 15) is 22.0 Å². The van der Waals surface area contributed by atoms with E-state index in [0.29, 0.717) is 6.07 Å². The molecule has 0 aromatic heterocycles. The largest absolute Gasteiger partial charge is 0.489 e. The fourth-order valence-corrected chi connectivity index (χ4v) is 1.47. The first-order valence-electron chi connectivity index (χ1n) is 6.41. The van der Waals surface area contributed by atoms with Gasteiger partial charge in [-0.25, -0.2) is 8.78 Å². The molecule has 1 aromatic rings. The number of nitrogens with one attached hydrogen (secondary N) is 2. The summed E-state index contributed by atoms with van der Waals surface area (Å²) >= 11 is 0. The number of halogens is 6. The molecule has 0 saturated heterocycles. The van der Waals surface area contributed by atoms with Crippen molar-refractivity contribution in [2.24, 2.45) is 4.99 Å². The maximum atomic E-state index is 13.3. The van der Waals surface area contributed by atoms with Crippen LogP contribution in [0, 0.1) is 11.6 Å². The van der Waals surface area contributed by atoms with E-state index in [1.807, 2.05) is 0 Å². The third kappa shape index (κ3) is 9.41. The van der Waals surface area contributed by atoms with Crippen LogP contribution in [0.3, 0.4) is 0 Å². The lowest BCUT2D eigenvalue weighted by Crippen LogP contribution is -2.40. The summed E-state index contributed by atoms with van der Waals surface area (Å²) in [6.07, 6.45) is -5.22. The van der Waals surface area contributed by atoms with E-state index >= 15 is 0 Å². The summed E-state index contributed by atoms with van der Waals surface area (Å²) in [6.45, 7) is -0.0956. The van der Waals surface area contributed by atoms with Crippen LogP contribution < -0.4 is 15.4 Å². The molecule has 0 bridgehead atoms. The van der Waals surface area contributed by atoms with Gasteiger partial charge in [-0.1, -0.05) is 0 Å². The summed E-state index contributed by atoms with van der Waals surface area (Å²) in [5.74, 6) is -1.47. The van der Waals surface area contributed by atoms with Crippen LogP contribution in [0.25, 0.3) is 0 Å². The van der Waals surface area contributed by atoms with Gasteiger partial charge in [-0.05, 0) is 12.1 Å². The molecule has 0 fully saturated rings. The van der Waals surface area contributed by atoms with Gasteiger partial charge >= 0.3 is 6.18 Å². The number of benzene rings is 1. The van der Waals surface area contributed by atoms with Gasteiger partial charge in [0.25, 0.3) is 0 Å². The Morgan fingerprint density at radius 1 is 1.17 bits per heavy atom. The first-order valence-corrected chi connectivity index (χ1v) is 6.41. The lowest BCUT2D eigenvalue weighted by molar-refractivity contribution is -0.132. The molecule has 0 aliphatic heterocycles. The van der Waals surface area contributed by atoms with Crippen LogP contribution in [0.15, 0.2) is 23.2 Å². The molecule has 0 spiro atoms. The molecule has 10 heteroatoms. The van der Waals surface area contributed by atoms with E-state index < -0.39 is 24.2 Å². The minimum Gasteiger partial charge on any atom is -0.489 e. The fourth-order valence-electron chi connectivity index (χ4n) is 1.47. The Bertz CT molecular complexity index is 511. The van der Waals surface area contributed by atoms with Crippen molar-refractivity contribution < 1.29 is 26.7 Å². The van der Waals surface area contributed by atoms with E-state index in [0.717, 1.165) is 12.1 Å². The second-order valence-electron chi connectivity index (χ2n) is 4.21. The predicted molar refractivity (Wildman–Crippen MR) is 87.3 cm³/mol. The highest BCUT2D eigenvalue weighted by Gasteiger charge is 2.26. The highest BCUT2D eigenvalue weighted by atomic mass is 127. The number of hydrogen-bond donors (Lipinski definition) is 2. The van der Waals surface area contributed by atoms with Crippen molar-refractivity contribution >= 4 is 29.9 Å². The van der Waals surface area contributed by atoms with Gasteiger partial charge in [-0.2, -0.15) is 13.2 Å². The predicted octanol–water partition coefficient (Wildman–Crippen LogP) is 3.08. The highest BCUT2D eigenvalue weighted by molar-refractivity contribution is 14.0. The van der Waals surface area contributed by atoms with E-state index in [-0.39, 0.29) is 55.4 Å². The first-order chi connectivity index (χ1) is 10.3. The molecule has 0 amide bonds. The lowest BCUT2D eigenvalue weighted by atomic mass is 10.3. The Labute approximate surface area is 147 Å². The summed E-state index contributed by atoms with van der Waals surface area (Å²) in [6, 6.07) is 2.91. The highest BCUT2D eigenvalue weighted by Crippen LogP contribution is 2.18. The van der Waals surface area contributed by atoms with Crippen molar-refractivity contribution in [2.75, 3.05) is 26.7 Å². The second-order valence-corrected chi connectivity index (χ2v) is 4.21. The summed E-state index contributed by atoms with van der Waals surface area (Å²) < 4.78 is 67.0. The fraction of sp³-hybridized carbons (Fsp3) is 0.462.